The number of nitrogens with one attached hydrogen (secondary N) is 1. The predicted molar refractivity (Wildman–Crippen MR) is 75.0 cm³/mol. The summed E-state index contributed by atoms with van der Waals surface area (Å²) in [5, 5.41) is 3.52. The zero-order valence-electron chi connectivity index (χ0n) is 12.0. The number of rotatable bonds is 6. The highest BCUT2D eigenvalue weighted by Gasteiger charge is 2.28. The molecule has 4 nitrogen and oxygen atoms in total. The van der Waals surface area contributed by atoms with Crippen molar-refractivity contribution in [3.63, 3.8) is 0 Å². The molecule has 2 fully saturated rings. The van der Waals surface area contributed by atoms with Crippen LogP contribution in [0.3, 0.4) is 0 Å². The third-order valence-electron chi connectivity index (χ3n) is 4.26. The van der Waals surface area contributed by atoms with Crippen LogP contribution in [-0.4, -0.2) is 74.9 Å². The van der Waals surface area contributed by atoms with Crippen LogP contribution < -0.4 is 5.32 Å². The van der Waals surface area contributed by atoms with Gasteiger partial charge in [0.25, 0.3) is 0 Å². The number of hydrogen-bond acceptors (Lipinski definition) is 4. The number of fused-ring (bicyclic) bond motifs is 1. The number of methoxy groups -OCH3 is 1. The Kier molecular flexibility index (Phi) is 5.89. The van der Waals surface area contributed by atoms with E-state index >= 15 is 0 Å². The van der Waals surface area contributed by atoms with Crippen molar-refractivity contribution in [1.29, 1.82) is 0 Å². The summed E-state index contributed by atoms with van der Waals surface area (Å²) in [6, 6.07) is 1.30. The molecule has 2 atom stereocenters. The minimum absolute atomic E-state index is 0.464. The summed E-state index contributed by atoms with van der Waals surface area (Å²) in [5.41, 5.74) is 0. The average molecular weight is 255 g/mol. The van der Waals surface area contributed by atoms with Crippen LogP contribution in [0.15, 0.2) is 0 Å². The Hall–Kier alpha value is -0.160. The molecule has 2 aliphatic heterocycles. The second-order valence-electron chi connectivity index (χ2n) is 5.80. The van der Waals surface area contributed by atoms with E-state index in [1.165, 1.54) is 52.0 Å². The van der Waals surface area contributed by atoms with Gasteiger partial charge in [-0.05, 0) is 26.3 Å². The van der Waals surface area contributed by atoms with Gasteiger partial charge < -0.3 is 10.1 Å². The Morgan fingerprint density at radius 3 is 3.00 bits per heavy atom. The molecule has 1 N–H and O–H groups in total. The standard InChI is InChI=1S/C14H29N3O/c1-13(12-18-2)15-6-8-16-9-10-17-7-4-3-5-14(17)11-16/h13-15H,3-12H2,1-2H3. The molecule has 2 rings (SSSR count). The van der Waals surface area contributed by atoms with Gasteiger partial charge in [-0.1, -0.05) is 6.42 Å². The molecule has 106 valence electrons. The second-order valence-corrected chi connectivity index (χ2v) is 5.80. The number of nitrogens with zero attached hydrogens (tertiary/aromatic N) is 2. The minimum Gasteiger partial charge on any atom is -0.383 e. The Balaban J connectivity index is 1.62. The van der Waals surface area contributed by atoms with Crippen LogP contribution in [0.4, 0.5) is 0 Å². The van der Waals surface area contributed by atoms with Crippen LogP contribution in [0, 0.1) is 0 Å². The van der Waals surface area contributed by atoms with E-state index in [1.807, 2.05) is 0 Å². The van der Waals surface area contributed by atoms with Crippen LogP contribution in [0.5, 0.6) is 0 Å². The second kappa shape index (κ2) is 7.43. The highest BCUT2D eigenvalue weighted by Crippen LogP contribution is 2.20. The SMILES string of the molecule is COCC(C)NCCN1CCN2CCCCC2C1. The molecule has 0 aromatic carbocycles. The number of ether oxygens (including phenoxy) is 1. The fourth-order valence-corrected chi connectivity index (χ4v) is 3.20. The van der Waals surface area contributed by atoms with Gasteiger partial charge in [-0.25, -0.2) is 0 Å². The fraction of sp³-hybridized carbons (Fsp3) is 1.00. The summed E-state index contributed by atoms with van der Waals surface area (Å²) in [7, 11) is 1.76. The highest BCUT2D eigenvalue weighted by atomic mass is 16.5. The quantitative estimate of drug-likeness (QED) is 0.759. The maximum absolute atomic E-state index is 5.13. The van der Waals surface area contributed by atoms with Crippen LogP contribution in [0.1, 0.15) is 26.2 Å². The van der Waals surface area contributed by atoms with Crippen molar-refractivity contribution in [3.8, 4) is 0 Å². The largest absolute Gasteiger partial charge is 0.383 e. The number of piperazine rings is 1. The average Bonchev–Trinajstić information content (AvgIpc) is 2.39. The zero-order valence-corrected chi connectivity index (χ0v) is 12.0. The number of hydrogen-bond donors (Lipinski definition) is 1. The van der Waals surface area contributed by atoms with Gasteiger partial charge in [0.2, 0.25) is 0 Å². The lowest BCUT2D eigenvalue weighted by molar-refractivity contribution is 0.0492. The molecule has 0 aliphatic carbocycles. The third kappa shape index (κ3) is 4.19. The Labute approximate surface area is 112 Å². The molecule has 2 unspecified atom stereocenters. The van der Waals surface area contributed by atoms with E-state index in [9.17, 15) is 0 Å². The molecular weight excluding hydrogens is 226 g/mol. The molecular formula is C14H29N3O. The van der Waals surface area contributed by atoms with Crippen LogP contribution in [0.25, 0.3) is 0 Å². The third-order valence-corrected chi connectivity index (χ3v) is 4.26. The molecule has 0 amide bonds. The van der Waals surface area contributed by atoms with Gasteiger partial charge in [0.1, 0.15) is 0 Å². The van der Waals surface area contributed by atoms with Gasteiger partial charge in [0, 0.05) is 51.9 Å². The van der Waals surface area contributed by atoms with Gasteiger partial charge in [-0.3, -0.25) is 9.80 Å². The lowest BCUT2D eigenvalue weighted by Crippen LogP contribution is -2.55. The first-order chi connectivity index (χ1) is 8.79. The smallest absolute Gasteiger partial charge is 0.0613 e. The van der Waals surface area contributed by atoms with Crippen molar-refractivity contribution in [1.82, 2.24) is 15.1 Å². The summed E-state index contributed by atoms with van der Waals surface area (Å²) >= 11 is 0. The molecule has 0 aromatic heterocycles. The van der Waals surface area contributed by atoms with Crippen LogP contribution >= 0.6 is 0 Å². The molecule has 4 heteroatoms. The van der Waals surface area contributed by atoms with Crippen molar-refractivity contribution in [2.24, 2.45) is 0 Å². The van der Waals surface area contributed by atoms with Gasteiger partial charge in [0.05, 0.1) is 6.61 Å². The Bertz CT molecular complexity index is 237. The fourth-order valence-electron chi connectivity index (χ4n) is 3.20. The van der Waals surface area contributed by atoms with E-state index in [-0.39, 0.29) is 0 Å². The van der Waals surface area contributed by atoms with Gasteiger partial charge in [-0.2, -0.15) is 0 Å². The summed E-state index contributed by atoms with van der Waals surface area (Å²) < 4.78 is 5.13. The van der Waals surface area contributed by atoms with Crippen molar-refractivity contribution in [2.45, 2.75) is 38.3 Å². The van der Waals surface area contributed by atoms with E-state index in [0.29, 0.717) is 6.04 Å². The number of piperidine rings is 1. The van der Waals surface area contributed by atoms with Crippen molar-refractivity contribution >= 4 is 0 Å². The first kappa shape index (κ1) is 14.3. The van der Waals surface area contributed by atoms with Crippen LogP contribution in [0.2, 0.25) is 0 Å². The zero-order chi connectivity index (χ0) is 12.8. The topological polar surface area (TPSA) is 27.7 Å². The van der Waals surface area contributed by atoms with E-state index in [0.717, 1.165) is 19.2 Å². The van der Waals surface area contributed by atoms with E-state index in [1.54, 1.807) is 7.11 Å². The first-order valence-corrected chi connectivity index (χ1v) is 7.48. The Morgan fingerprint density at radius 1 is 1.28 bits per heavy atom. The van der Waals surface area contributed by atoms with Crippen molar-refractivity contribution < 1.29 is 4.74 Å². The summed E-state index contributed by atoms with van der Waals surface area (Å²) in [4.78, 5) is 5.32. The van der Waals surface area contributed by atoms with E-state index in [2.05, 4.69) is 22.0 Å². The minimum atomic E-state index is 0.464. The Morgan fingerprint density at radius 2 is 2.17 bits per heavy atom. The molecule has 0 saturated carbocycles. The predicted octanol–water partition coefficient (Wildman–Crippen LogP) is 0.781. The van der Waals surface area contributed by atoms with E-state index < -0.39 is 0 Å². The maximum atomic E-state index is 5.13. The molecule has 0 aromatic rings. The maximum Gasteiger partial charge on any atom is 0.0613 e. The normalized spacial score (nSPS) is 28.0. The lowest BCUT2D eigenvalue weighted by Gasteiger charge is -2.44. The monoisotopic (exact) mass is 255 g/mol. The summed E-state index contributed by atoms with van der Waals surface area (Å²) in [5.74, 6) is 0. The molecule has 2 heterocycles. The summed E-state index contributed by atoms with van der Waals surface area (Å²) in [6.07, 6.45) is 4.24. The van der Waals surface area contributed by atoms with Gasteiger partial charge >= 0.3 is 0 Å². The van der Waals surface area contributed by atoms with Crippen LogP contribution in [-0.2, 0) is 4.74 Å². The molecule has 2 saturated heterocycles. The highest BCUT2D eigenvalue weighted by molar-refractivity contribution is 4.85. The molecule has 0 bridgehead atoms. The van der Waals surface area contributed by atoms with Crippen molar-refractivity contribution in [2.75, 3.05) is 53.0 Å². The molecule has 18 heavy (non-hydrogen) atoms. The van der Waals surface area contributed by atoms with Gasteiger partial charge in [0.15, 0.2) is 0 Å². The van der Waals surface area contributed by atoms with Gasteiger partial charge in [-0.15, -0.1) is 0 Å². The lowest BCUT2D eigenvalue weighted by atomic mass is 9.99. The molecule has 0 radical (unpaired) electrons. The first-order valence-electron chi connectivity index (χ1n) is 7.48. The summed E-state index contributed by atoms with van der Waals surface area (Å²) in [6.45, 7) is 10.4. The molecule has 2 aliphatic rings. The van der Waals surface area contributed by atoms with Crippen molar-refractivity contribution in [3.05, 3.63) is 0 Å². The molecule has 0 spiro atoms. The van der Waals surface area contributed by atoms with E-state index in [4.69, 9.17) is 4.74 Å².